The Labute approximate surface area is 157 Å². The van der Waals surface area contributed by atoms with E-state index in [9.17, 15) is 9.59 Å². The van der Waals surface area contributed by atoms with Crippen molar-refractivity contribution in [1.29, 1.82) is 0 Å². The molecule has 0 spiro atoms. The van der Waals surface area contributed by atoms with Gasteiger partial charge in [-0.3, -0.25) is 14.3 Å². The van der Waals surface area contributed by atoms with Gasteiger partial charge < -0.3 is 15.4 Å². The van der Waals surface area contributed by atoms with Gasteiger partial charge in [-0.2, -0.15) is 5.10 Å². The molecule has 0 aliphatic rings. The van der Waals surface area contributed by atoms with E-state index in [0.29, 0.717) is 17.1 Å². The lowest BCUT2D eigenvalue weighted by molar-refractivity contribution is -0.114. The first-order valence-corrected chi connectivity index (χ1v) is 8.34. The van der Waals surface area contributed by atoms with Gasteiger partial charge in [-0.1, -0.05) is 12.1 Å². The maximum Gasteiger partial charge on any atom is 0.276 e. The molecule has 0 atom stereocenters. The Morgan fingerprint density at radius 1 is 1.00 bits per heavy atom. The molecule has 3 aromatic rings. The summed E-state index contributed by atoms with van der Waals surface area (Å²) in [4.78, 5) is 23.6. The number of amides is 2. The highest BCUT2D eigenvalue weighted by molar-refractivity contribution is 6.03. The van der Waals surface area contributed by atoms with Gasteiger partial charge in [-0.05, 0) is 42.5 Å². The summed E-state index contributed by atoms with van der Waals surface area (Å²) in [5.41, 5.74) is 3.30. The zero-order valence-electron chi connectivity index (χ0n) is 15.3. The highest BCUT2D eigenvalue weighted by atomic mass is 16.5. The minimum absolute atomic E-state index is 0.148. The lowest BCUT2D eigenvalue weighted by Crippen LogP contribution is -2.13. The molecule has 3 rings (SSSR count). The third-order valence-electron chi connectivity index (χ3n) is 3.94. The van der Waals surface area contributed by atoms with E-state index >= 15 is 0 Å². The van der Waals surface area contributed by atoms with Crippen molar-refractivity contribution in [2.24, 2.45) is 7.05 Å². The second-order valence-corrected chi connectivity index (χ2v) is 5.98. The lowest BCUT2D eigenvalue weighted by Gasteiger charge is -2.05. The Morgan fingerprint density at radius 3 is 2.30 bits per heavy atom. The molecule has 0 saturated carbocycles. The van der Waals surface area contributed by atoms with Crippen LogP contribution in [0.2, 0.25) is 0 Å². The summed E-state index contributed by atoms with van der Waals surface area (Å²) < 4.78 is 6.90. The second kappa shape index (κ2) is 7.74. The molecule has 27 heavy (non-hydrogen) atoms. The summed E-state index contributed by atoms with van der Waals surface area (Å²) in [5.74, 6) is 0.274. The van der Waals surface area contributed by atoms with E-state index in [2.05, 4.69) is 15.7 Å². The van der Waals surface area contributed by atoms with Crippen LogP contribution in [0.4, 0.5) is 11.4 Å². The number of rotatable bonds is 5. The number of carbonyl (C=O) groups excluding carboxylic acids is 2. The average Bonchev–Trinajstić information content (AvgIpc) is 3.05. The maximum absolute atomic E-state index is 12.5. The van der Waals surface area contributed by atoms with Gasteiger partial charge in [0, 0.05) is 30.9 Å². The molecule has 2 N–H and O–H groups in total. The largest absolute Gasteiger partial charge is 0.497 e. The number of nitrogens with one attached hydrogen (secondary N) is 2. The number of hydrogen-bond acceptors (Lipinski definition) is 4. The molecule has 0 aliphatic heterocycles. The van der Waals surface area contributed by atoms with E-state index in [1.54, 1.807) is 49.2 Å². The number of aromatic nitrogens is 2. The van der Waals surface area contributed by atoms with Crippen molar-refractivity contribution in [3.63, 3.8) is 0 Å². The van der Waals surface area contributed by atoms with E-state index in [4.69, 9.17) is 4.74 Å². The van der Waals surface area contributed by atoms with E-state index in [1.165, 1.54) is 6.92 Å². The molecule has 1 heterocycles. The molecule has 2 aromatic carbocycles. The average molecular weight is 364 g/mol. The van der Waals surface area contributed by atoms with Gasteiger partial charge in [-0.15, -0.1) is 0 Å². The maximum atomic E-state index is 12.5. The van der Waals surface area contributed by atoms with Gasteiger partial charge in [-0.25, -0.2) is 0 Å². The number of anilines is 2. The first-order valence-electron chi connectivity index (χ1n) is 8.34. The first-order chi connectivity index (χ1) is 13.0. The molecule has 0 fully saturated rings. The van der Waals surface area contributed by atoms with Crippen LogP contribution in [0.3, 0.4) is 0 Å². The summed E-state index contributed by atoms with van der Waals surface area (Å²) in [6.07, 6.45) is 0. The minimum Gasteiger partial charge on any atom is -0.497 e. The molecule has 2 amide bonds. The van der Waals surface area contributed by atoms with Crippen molar-refractivity contribution < 1.29 is 14.3 Å². The molecule has 138 valence electrons. The number of aryl methyl sites for hydroxylation is 1. The molecule has 7 heteroatoms. The van der Waals surface area contributed by atoms with Gasteiger partial charge >= 0.3 is 0 Å². The fourth-order valence-corrected chi connectivity index (χ4v) is 2.67. The number of nitrogens with zero attached hydrogens (tertiary/aromatic N) is 2. The second-order valence-electron chi connectivity index (χ2n) is 5.98. The van der Waals surface area contributed by atoms with Crippen LogP contribution in [0.25, 0.3) is 11.3 Å². The van der Waals surface area contributed by atoms with Crippen LogP contribution in [0.1, 0.15) is 17.4 Å². The van der Waals surface area contributed by atoms with Gasteiger partial charge in [0.15, 0.2) is 5.69 Å². The Bertz CT molecular complexity index is 977. The monoisotopic (exact) mass is 364 g/mol. The van der Waals surface area contributed by atoms with Crippen molar-refractivity contribution in [2.75, 3.05) is 17.7 Å². The van der Waals surface area contributed by atoms with E-state index in [0.717, 1.165) is 17.0 Å². The van der Waals surface area contributed by atoms with Crippen LogP contribution < -0.4 is 15.4 Å². The fourth-order valence-electron chi connectivity index (χ4n) is 2.67. The number of benzene rings is 2. The molecule has 0 radical (unpaired) electrons. The molecule has 0 unspecified atom stereocenters. The van der Waals surface area contributed by atoms with Gasteiger partial charge in [0.25, 0.3) is 5.91 Å². The Morgan fingerprint density at radius 2 is 1.67 bits per heavy atom. The Hall–Kier alpha value is -3.61. The summed E-state index contributed by atoms with van der Waals surface area (Å²) in [7, 11) is 3.40. The molecule has 0 bridgehead atoms. The lowest BCUT2D eigenvalue weighted by atomic mass is 10.1. The third-order valence-corrected chi connectivity index (χ3v) is 3.94. The number of hydrogen-bond donors (Lipinski definition) is 2. The molecule has 1 aromatic heterocycles. The van der Waals surface area contributed by atoms with Crippen molar-refractivity contribution in [1.82, 2.24) is 9.78 Å². The van der Waals surface area contributed by atoms with Gasteiger partial charge in [0.05, 0.1) is 12.8 Å². The third kappa shape index (κ3) is 4.33. The SMILES string of the molecule is COc1cccc(-c2cc(C(=O)Nc3ccc(NC(C)=O)cc3)nn2C)c1. The van der Waals surface area contributed by atoms with Crippen LogP contribution in [0, 0.1) is 0 Å². The molecular weight excluding hydrogens is 344 g/mol. The predicted molar refractivity (Wildman–Crippen MR) is 104 cm³/mol. The number of methoxy groups -OCH3 is 1. The zero-order chi connectivity index (χ0) is 19.4. The Balaban J connectivity index is 1.76. The highest BCUT2D eigenvalue weighted by Crippen LogP contribution is 2.24. The zero-order valence-corrected chi connectivity index (χ0v) is 15.3. The summed E-state index contributed by atoms with van der Waals surface area (Å²) in [6, 6.07) is 16.2. The van der Waals surface area contributed by atoms with E-state index in [1.807, 2.05) is 24.3 Å². The summed E-state index contributed by atoms with van der Waals surface area (Å²) >= 11 is 0. The van der Waals surface area contributed by atoms with Crippen LogP contribution in [-0.2, 0) is 11.8 Å². The summed E-state index contributed by atoms with van der Waals surface area (Å²) in [6.45, 7) is 1.44. The Kier molecular flexibility index (Phi) is 5.21. The van der Waals surface area contributed by atoms with Crippen molar-refractivity contribution in [3.05, 3.63) is 60.3 Å². The van der Waals surface area contributed by atoms with E-state index < -0.39 is 0 Å². The van der Waals surface area contributed by atoms with Crippen LogP contribution in [-0.4, -0.2) is 28.7 Å². The van der Waals surface area contributed by atoms with Crippen LogP contribution in [0.15, 0.2) is 54.6 Å². The van der Waals surface area contributed by atoms with Crippen molar-refractivity contribution >= 4 is 23.2 Å². The fraction of sp³-hybridized carbons (Fsp3) is 0.150. The molecule has 0 saturated heterocycles. The number of ether oxygens (including phenoxy) is 1. The molecular formula is C20H20N4O3. The van der Waals surface area contributed by atoms with Gasteiger partial charge in [0.2, 0.25) is 5.91 Å². The highest BCUT2D eigenvalue weighted by Gasteiger charge is 2.14. The first kappa shape index (κ1) is 18.2. The predicted octanol–water partition coefficient (Wildman–Crippen LogP) is 3.31. The van der Waals surface area contributed by atoms with Crippen molar-refractivity contribution in [3.8, 4) is 17.0 Å². The smallest absolute Gasteiger partial charge is 0.276 e. The van der Waals surface area contributed by atoms with Crippen LogP contribution in [0.5, 0.6) is 5.75 Å². The normalized spacial score (nSPS) is 10.3. The standard InChI is InChI=1S/C20H20N4O3/c1-13(25)21-15-7-9-16(10-8-15)22-20(26)18-12-19(24(2)23-18)14-5-4-6-17(11-14)27-3/h4-12H,1-3H3,(H,21,25)(H,22,26). The van der Waals surface area contributed by atoms with Crippen LogP contribution >= 0.6 is 0 Å². The van der Waals surface area contributed by atoms with Gasteiger partial charge in [0.1, 0.15) is 5.75 Å². The molecule has 0 aliphatic carbocycles. The molecule has 7 nitrogen and oxygen atoms in total. The number of carbonyl (C=O) groups is 2. The summed E-state index contributed by atoms with van der Waals surface area (Å²) in [5, 5.41) is 9.78. The van der Waals surface area contributed by atoms with Crippen molar-refractivity contribution in [2.45, 2.75) is 6.92 Å². The topological polar surface area (TPSA) is 85.2 Å². The van der Waals surface area contributed by atoms with E-state index in [-0.39, 0.29) is 11.8 Å². The minimum atomic E-state index is -0.313. The quantitative estimate of drug-likeness (QED) is 0.727.